The van der Waals surface area contributed by atoms with Crippen LogP contribution < -0.4 is 14.8 Å². The molecule has 11 heteroatoms. The minimum atomic E-state index is -1.22. The third-order valence-corrected chi connectivity index (χ3v) is 8.51. The van der Waals surface area contributed by atoms with E-state index in [-0.39, 0.29) is 25.5 Å². The van der Waals surface area contributed by atoms with Gasteiger partial charge in [0, 0.05) is 29.6 Å². The average Bonchev–Trinajstić information content (AvgIpc) is 3.63. The minimum Gasteiger partial charge on any atom is -0.493 e. The van der Waals surface area contributed by atoms with Crippen LogP contribution >= 0.6 is 23.2 Å². The summed E-state index contributed by atoms with van der Waals surface area (Å²) in [4.78, 5) is 29.2. The lowest BCUT2D eigenvalue weighted by atomic mass is 9.77. The van der Waals surface area contributed by atoms with Crippen LogP contribution in [0.25, 0.3) is 11.0 Å². The van der Waals surface area contributed by atoms with Gasteiger partial charge < -0.3 is 34.3 Å². The largest absolute Gasteiger partial charge is 0.493 e. The van der Waals surface area contributed by atoms with Crippen molar-refractivity contribution in [1.82, 2.24) is 10.2 Å². The summed E-state index contributed by atoms with van der Waals surface area (Å²) in [7, 11) is 1.51. The number of carbonyl (C=O) groups excluding carboxylic acids is 2. The van der Waals surface area contributed by atoms with Gasteiger partial charge in [0.1, 0.15) is 18.0 Å². The number of methoxy groups -OCH3 is 1. The highest BCUT2D eigenvalue weighted by atomic mass is 35.5. The Balaban J connectivity index is 1.46. The van der Waals surface area contributed by atoms with E-state index in [1.54, 1.807) is 54.6 Å². The maximum absolute atomic E-state index is 14.3. The van der Waals surface area contributed by atoms with Gasteiger partial charge in [-0.1, -0.05) is 59.6 Å². The molecule has 1 aliphatic heterocycles. The van der Waals surface area contributed by atoms with Crippen LogP contribution in [0.5, 0.6) is 11.5 Å². The maximum Gasteiger partial charge on any atom is 0.290 e. The molecule has 1 aliphatic carbocycles. The Labute approximate surface area is 257 Å². The number of fused-ring (bicyclic) bond motifs is 4. The topological polar surface area (TPSA) is 121 Å². The monoisotopic (exact) mass is 622 g/mol. The Kier molecular flexibility index (Phi) is 8.07. The number of aliphatic hydroxyl groups excluding tert-OH is 2. The minimum absolute atomic E-state index is 0.00198. The molecule has 0 unspecified atom stereocenters. The van der Waals surface area contributed by atoms with Crippen molar-refractivity contribution in [3.05, 3.63) is 105 Å². The lowest BCUT2D eigenvalue weighted by Gasteiger charge is -2.40. The normalized spacial score (nSPS) is 20.5. The van der Waals surface area contributed by atoms with Crippen LogP contribution in [0.1, 0.15) is 27.6 Å². The number of nitrogens with one attached hydrogen (secondary N) is 1. The summed E-state index contributed by atoms with van der Waals surface area (Å²) in [6.07, 6.45) is -0.484. The van der Waals surface area contributed by atoms with Crippen molar-refractivity contribution >= 4 is 46.0 Å². The van der Waals surface area contributed by atoms with E-state index in [0.29, 0.717) is 43.7 Å². The number of halogens is 2. The van der Waals surface area contributed by atoms with Gasteiger partial charge in [0.2, 0.25) is 5.91 Å². The first-order chi connectivity index (χ1) is 20.8. The average molecular weight is 623 g/mol. The van der Waals surface area contributed by atoms with Crippen molar-refractivity contribution in [3.63, 3.8) is 0 Å². The molecule has 2 amide bonds. The number of furan rings is 1. The first kappa shape index (κ1) is 29.1. The van der Waals surface area contributed by atoms with Gasteiger partial charge in [0.25, 0.3) is 5.91 Å². The number of rotatable bonds is 8. The molecule has 9 nitrogen and oxygen atoms in total. The second kappa shape index (κ2) is 11.9. The van der Waals surface area contributed by atoms with Crippen molar-refractivity contribution < 1.29 is 33.7 Å². The molecule has 6 rings (SSSR count). The molecule has 43 heavy (non-hydrogen) atoms. The molecule has 222 valence electrons. The maximum atomic E-state index is 14.3. The molecule has 0 bridgehead atoms. The molecule has 1 aromatic heterocycles. The SMILES string of the molecule is COc1cccc2cc(C(=O)N(Cc3ccc(Cl)c(Cl)c3)[C@@H]3C=C(C(=O)NCCO)[C@@H]4c5ccccc5O[C@@H]4[C@H]3O)oc12. The Bertz CT molecular complexity index is 1740. The Morgan fingerprint density at radius 1 is 1.05 bits per heavy atom. The number of nitrogens with zero attached hydrogens (tertiary/aromatic N) is 1. The van der Waals surface area contributed by atoms with E-state index < -0.39 is 36.0 Å². The third-order valence-electron chi connectivity index (χ3n) is 7.77. The van der Waals surface area contributed by atoms with Crippen LogP contribution in [0.2, 0.25) is 10.0 Å². The van der Waals surface area contributed by atoms with E-state index in [1.807, 2.05) is 18.2 Å². The van der Waals surface area contributed by atoms with E-state index in [2.05, 4.69) is 5.32 Å². The lowest BCUT2D eigenvalue weighted by Crippen LogP contribution is -2.55. The molecule has 3 N–H and O–H groups in total. The van der Waals surface area contributed by atoms with Gasteiger partial charge in [0.15, 0.2) is 17.1 Å². The van der Waals surface area contributed by atoms with Crippen LogP contribution in [0.15, 0.2) is 82.8 Å². The molecule has 0 radical (unpaired) electrons. The summed E-state index contributed by atoms with van der Waals surface area (Å²) >= 11 is 12.5. The molecule has 4 atom stereocenters. The third kappa shape index (κ3) is 5.34. The zero-order chi connectivity index (χ0) is 30.2. The molecule has 4 aromatic rings. The Morgan fingerprint density at radius 2 is 1.86 bits per heavy atom. The lowest BCUT2D eigenvalue weighted by molar-refractivity contribution is -0.118. The van der Waals surface area contributed by atoms with E-state index in [1.165, 1.54) is 12.0 Å². The van der Waals surface area contributed by atoms with Crippen LogP contribution in [-0.4, -0.2) is 65.4 Å². The molecule has 0 fully saturated rings. The first-order valence-electron chi connectivity index (χ1n) is 13.7. The molecular weight excluding hydrogens is 595 g/mol. The number of aliphatic hydroxyl groups is 2. The second-order valence-corrected chi connectivity index (χ2v) is 11.2. The first-order valence-corrected chi connectivity index (χ1v) is 14.4. The number of ether oxygens (including phenoxy) is 2. The highest BCUT2D eigenvalue weighted by molar-refractivity contribution is 6.42. The zero-order valence-electron chi connectivity index (χ0n) is 23.0. The summed E-state index contributed by atoms with van der Waals surface area (Å²) in [6, 6.07) is 18.2. The number of hydrogen-bond acceptors (Lipinski definition) is 7. The van der Waals surface area contributed by atoms with Crippen LogP contribution in [0.4, 0.5) is 0 Å². The van der Waals surface area contributed by atoms with Crippen LogP contribution in [0.3, 0.4) is 0 Å². The van der Waals surface area contributed by atoms with Crippen molar-refractivity contribution in [2.24, 2.45) is 0 Å². The molecule has 2 aliphatic rings. The molecule has 0 saturated carbocycles. The quantitative estimate of drug-likeness (QED) is 0.260. The second-order valence-electron chi connectivity index (χ2n) is 10.4. The van der Waals surface area contributed by atoms with E-state index in [0.717, 1.165) is 5.56 Å². The molecular formula is C32H28Cl2N2O7. The van der Waals surface area contributed by atoms with Gasteiger partial charge >= 0.3 is 0 Å². The standard InChI is InChI=1S/C32H28Cl2N2O7/c1-41-25-8-4-5-18-14-26(43-29(18)25)32(40)36(16-17-9-10-21(33)22(34)13-17)23-15-20(31(39)35-11-12-37)27-19-6-2-3-7-24(19)42-30(27)28(23)38/h2-10,13-15,23,27-28,30,37-38H,11-12,16H2,1H3,(H,35,39)/t23-,27+,28+,30+/m1/s1. The fraction of sp³-hybridized carbons (Fsp3) is 0.250. The Hall–Kier alpha value is -4.02. The molecule has 0 spiro atoms. The molecule has 3 aromatic carbocycles. The summed E-state index contributed by atoms with van der Waals surface area (Å²) in [5, 5.41) is 25.2. The summed E-state index contributed by atoms with van der Waals surface area (Å²) in [6.45, 7) is -0.211. The Morgan fingerprint density at radius 3 is 2.63 bits per heavy atom. The zero-order valence-corrected chi connectivity index (χ0v) is 24.5. The number of amides is 2. The fourth-order valence-electron chi connectivity index (χ4n) is 5.78. The summed E-state index contributed by atoms with van der Waals surface area (Å²) < 4.78 is 17.6. The fourth-order valence-corrected chi connectivity index (χ4v) is 6.10. The number of benzene rings is 3. The van der Waals surface area contributed by atoms with Gasteiger partial charge in [-0.05, 0) is 42.0 Å². The van der Waals surface area contributed by atoms with Gasteiger partial charge in [-0.25, -0.2) is 0 Å². The van der Waals surface area contributed by atoms with Crippen LogP contribution in [0, 0.1) is 0 Å². The van der Waals surface area contributed by atoms with Crippen molar-refractivity contribution in [2.75, 3.05) is 20.3 Å². The van der Waals surface area contributed by atoms with E-state index in [9.17, 15) is 19.8 Å². The van der Waals surface area contributed by atoms with Crippen molar-refractivity contribution in [1.29, 1.82) is 0 Å². The summed E-state index contributed by atoms with van der Waals surface area (Å²) in [5.41, 5.74) is 2.11. The highest BCUT2D eigenvalue weighted by Gasteiger charge is 2.50. The van der Waals surface area contributed by atoms with Gasteiger partial charge in [-0.2, -0.15) is 0 Å². The van der Waals surface area contributed by atoms with Crippen molar-refractivity contribution in [3.8, 4) is 11.5 Å². The number of hydrogen-bond donors (Lipinski definition) is 3. The molecule has 0 saturated heterocycles. The van der Waals surface area contributed by atoms with Crippen LogP contribution in [-0.2, 0) is 11.3 Å². The van der Waals surface area contributed by atoms with E-state index in [4.69, 9.17) is 37.1 Å². The van der Waals surface area contributed by atoms with Gasteiger partial charge in [0.05, 0.1) is 35.7 Å². The predicted molar refractivity (Wildman–Crippen MR) is 161 cm³/mol. The number of para-hydroxylation sites is 2. The smallest absolute Gasteiger partial charge is 0.290 e. The van der Waals surface area contributed by atoms with Gasteiger partial charge in [-0.3, -0.25) is 9.59 Å². The van der Waals surface area contributed by atoms with Gasteiger partial charge in [-0.15, -0.1) is 0 Å². The van der Waals surface area contributed by atoms with E-state index >= 15 is 0 Å². The highest BCUT2D eigenvalue weighted by Crippen LogP contribution is 2.47. The molecule has 2 heterocycles. The van der Waals surface area contributed by atoms with Crippen molar-refractivity contribution in [2.45, 2.75) is 30.7 Å². The number of carbonyl (C=O) groups is 2. The summed E-state index contributed by atoms with van der Waals surface area (Å²) in [5.74, 6) is -0.522. The predicted octanol–water partition coefficient (Wildman–Crippen LogP) is 4.71.